The molecule has 3 heterocycles. The van der Waals surface area contributed by atoms with Crippen LogP contribution in [0, 0.1) is 0 Å². The van der Waals surface area contributed by atoms with Gasteiger partial charge in [0.2, 0.25) is 5.91 Å². The minimum absolute atomic E-state index is 0.0157. The van der Waals surface area contributed by atoms with Gasteiger partial charge in [-0.1, -0.05) is 6.07 Å². The van der Waals surface area contributed by atoms with Crippen molar-refractivity contribution in [1.29, 1.82) is 0 Å². The molecule has 3 rings (SSSR count). The van der Waals surface area contributed by atoms with Gasteiger partial charge in [-0.25, -0.2) is 9.78 Å². The summed E-state index contributed by atoms with van der Waals surface area (Å²) in [4.78, 5) is 31.0. The second kappa shape index (κ2) is 6.57. The first-order valence-corrected chi connectivity index (χ1v) is 7.89. The lowest BCUT2D eigenvalue weighted by atomic mass is 10.1. The molecule has 0 aromatic carbocycles. The standard InChI is InChI=1S/C15H16N4O2S/c20-14(19-7-4-12-11(10-19)5-8-22-12)9-17-15(21)18-13-3-1-2-6-16-13/h1-3,5-6,8H,4,7,9-10H2,(H2,16,17,18,21). The molecular formula is C15H16N4O2S. The quantitative estimate of drug-likeness (QED) is 0.907. The van der Waals surface area contributed by atoms with Gasteiger partial charge in [0.1, 0.15) is 5.82 Å². The van der Waals surface area contributed by atoms with Crippen LogP contribution in [-0.4, -0.2) is 34.9 Å². The van der Waals surface area contributed by atoms with Gasteiger partial charge >= 0.3 is 6.03 Å². The molecule has 2 aromatic rings. The molecule has 0 saturated heterocycles. The molecule has 0 saturated carbocycles. The Bertz CT molecular complexity index is 671. The van der Waals surface area contributed by atoms with Gasteiger partial charge in [-0.15, -0.1) is 11.3 Å². The highest BCUT2D eigenvalue weighted by atomic mass is 32.1. The summed E-state index contributed by atoms with van der Waals surface area (Å²) in [7, 11) is 0. The Balaban J connectivity index is 1.47. The highest BCUT2D eigenvalue weighted by Gasteiger charge is 2.21. The number of hydrogen-bond donors (Lipinski definition) is 2. The molecule has 0 fully saturated rings. The summed E-state index contributed by atoms with van der Waals surface area (Å²) in [5.41, 5.74) is 1.21. The van der Waals surface area contributed by atoms with E-state index in [9.17, 15) is 9.59 Å². The second-order valence-corrected chi connectivity index (χ2v) is 5.96. The molecule has 0 aliphatic carbocycles. The number of urea groups is 1. The fourth-order valence-electron chi connectivity index (χ4n) is 2.33. The van der Waals surface area contributed by atoms with Crippen molar-refractivity contribution in [2.45, 2.75) is 13.0 Å². The molecular weight excluding hydrogens is 300 g/mol. The summed E-state index contributed by atoms with van der Waals surface area (Å²) in [6.07, 6.45) is 2.48. The zero-order chi connectivity index (χ0) is 15.4. The molecule has 7 heteroatoms. The van der Waals surface area contributed by atoms with Crippen LogP contribution in [0.1, 0.15) is 10.4 Å². The summed E-state index contributed by atoms with van der Waals surface area (Å²) in [5, 5.41) is 7.20. The van der Waals surface area contributed by atoms with E-state index in [4.69, 9.17) is 0 Å². The van der Waals surface area contributed by atoms with E-state index in [1.807, 2.05) is 0 Å². The van der Waals surface area contributed by atoms with Crippen LogP contribution in [0.4, 0.5) is 10.6 Å². The van der Waals surface area contributed by atoms with E-state index >= 15 is 0 Å². The van der Waals surface area contributed by atoms with Gasteiger partial charge in [-0.2, -0.15) is 0 Å². The Hall–Kier alpha value is -2.41. The number of anilines is 1. The van der Waals surface area contributed by atoms with Gasteiger partial charge in [0.15, 0.2) is 0 Å². The van der Waals surface area contributed by atoms with E-state index in [1.165, 1.54) is 10.4 Å². The highest BCUT2D eigenvalue weighted by molar-refractivity contribution is 7.10. The van der Waals surface area contributed by atoms with Crippen molar-refractivity contribution >= 4 is 29.1 Å². The Morgan fingerprint density at radius 3 is 3.05 bits per heavy atom. The SMILES string of the molecule is O=C(NCC(=O)N1CCc2sccc2C1)Nc1ccccn1. The van der Waals surface area contributed by atoms with Crippen LogP contribution >= 0.6 is 11.3 Å². The van der Waals surface area contributed by atoms with Crippen molar-refractivity contribution < 1.29 is 9.59 Å². The molecule has 0 radical (unpaired) electrons. The van der Waals surface area contributed by atoms with Crippen LogP contribution in [-0.2, 0) is 17.8 Å². The molecule has 0 unspecified atom stereocenters. The number of fused-ring (bicyclic) bond motifs is 1. The van der Waals surface area contributed by atoms with Crippen molar-refractivity contribution in [1.82, 2.24) is 15.2 Å². The van der Waals surface area contributed by atoms with Gasteiger partial charge in [-0.3, -0.25) is 10.1 Å². The van der Waals surface area contributed by atoms with Gasteiger partial charge in [0.25, 0.3) is 0 Å². The first kappa shape index (κ1) is 14.5. The van der Waals surface area contributed by atoms with Crippen molar-refractivity contribution in [3.63, 3.8) is 0 Å². The van der Waals surface area contributed by atoms with E-state index in [2.05, 4.69) is 27.1 Å². The van der Waals surface area contributed by atoms with Crippen LogP contribution < -0.4 is 10.6 Å². The number of pyridine rings is 1. The van der Waals surface area contributed by atoms with Crippen molar-refractivity contribution in [3.8, 4) is 0 Å². The first-order valence-electron chi connectivity index (χ1n) is 7.01. The smallest absolute Gasteiger partial charge is 0.320 e. The lowest BCUT2D eigenvalue weighted by molar-refractivity contribution is -0.130. The maximum absolute atomic E-state index is 12.2. The maximum Gasteiger partial charge on any atom is 0.320 e. The Morgan fingerprint density at radius 2 is 2.23 bits per heavy atom. The summed E-state index contributed by atoms with van der Waals surface area (Å²) in [6.45, 7) is 1.31. The average molecular weight is 316 g/mol. The number of amides is 3. The van der Waals surface area contributed by atoms with E-state index in [0.717, 1.165) is 6.42 Å². The number of carbonyl (C=O) groups excluding carboxylic acids is 2. The van der Waals surface area contributed by atoms with E-state index in [0.29, 0.717) is 18.9 Å². The number of rotatable bonds is 3. The van der Waals surface area contributed by atoms with E-state index in [1.54, 1.807) is 40.6 Å². The Kier molecular flexibility index (Phi) is 4.34. The largest absolute Gasteiger partial charge is 0.336 e. The maximum atomic E-state index is 12.2. The lowest BCUT2D eigenvalue weighted by Gasteiger charge is -2.27. The number of aromatic nitrogens is 1. The lowest BCUT2D eigenvalue weighted by Crippen LogP contribution is -2.43. The van der Waals surface area contributed by atoms with Crippen LogP contribution in [0.2, 0.25) is 0 Å². The minimum atomic E-state index is -0.430. The van der Waals surface area contributed by atoms with Crippen molar-refractivity contribution in [2.75, 3.05) is 18.4 Å². The van der Waals surface area contributed by atoms with E-state index in [-0.39, 0.29) is 12.5 Å². The first-order chi connectivity index (χ1) is 10.7. The summed E-state index contributed by atoms with van der Waals surface area (Å²) in [5.74, 6) is 0.376. The molecule has 0 atom stereocenters. The number of nitrogens with zero attached hydrogens (tertiary/aromatic N) is 2. The number of thiophene rings is 1. The number of hydrogen-bond acceptors (Lipinski definition) is 4. The fraction of sp³-hybridized carbons (Fsp3) is 0.267. The molecule has 2 aromatic heterocycles. The Labute approximate surface area is 132 Å². The molecule has 6 nitrogen and oxygen atoms in total. The highest BCUT2D eigenvalue weighted by Crippen LogP contribution is 2.23. The van der Waals surface area contributed by atoms with Gasteiger partial charge < -0.3 is 10.2 Å². The van der Waals surface area contributed by atoms with Crippen molar-refractivity contribution in [3.05, 3.63) is 46.3 Å². The summed E-state index contributed by atoms with van der Waals surface area (Å²) >= 11 is 1.73. The normalized spacial score (nSPS) is 13.4. The molecule has 3 amide bonds. The fourth-order valence-corrected chi connectivity index (χ4v) is 3.22. The molecule has 1 aliphatic rings. The monoisotopic (exact) mass is 316 g/mol. The molecule has 2 N–H and O–H groups in total. The number of carbonyl (C=O) groups is 2. The third kappa shape index (κ3) is 3.43. The summed E-state index contributed by atoms with van der Waals surface area (Å²) in [6, 6.07) is 6.85. The van der Waals surface area contributed by atoms with Crippen LogP contribution in [0.25, 0.3) is 0 Å². The molecule has 1 aliphatic heterocycles. The topological polar surface area (TPSA) is 74.3 Å². The third-order valence-corrected chi connectivity index (χ3v) is 4.49. The van der Waals surface area contributed by atoms with Gasteiger partial charge in [-0.05, 0) is 35.6 Å². The second-order valence-electron chi connectivity index (χ2n) is 4.96. The Morgan fingerprint density at radius 1 is 1.32 bits per heavy atom. The van der Waals surface area contributed by atoms with Gasteiger partial charge in [0, 0.05) is 24.2 Å². The summed E-state index contributed by atoms with van der Waals surface area (Å²) < 4.78 is 0. The van der Waals surface area contributed by atoms with Crippen LogP contribution in [0.15, 0.2) is 35.8 Å². The van der Waals surface area contributed by atoms with Crippen LogP contribution in [0.5, 0.6) is 0 Å². The van der Waals surface area contributed by atoms with Crippen molar-refractivity contribution in [2.24, 2.45) is 0 Å². The molecule has 114 valence electrons. The average Bonchev–Trinajstić information content (AvgIpc) is 3.01. The zero-order valence-electron chi connectivity index (χ0n) is 11.9. The number of nitrogens with one attached hydrogen (secondary N) is 2. The predicted molar refractivity (Wildman–Crippen MR) is 84.7 cm³/mol. The molecule has 0 spiro atoms. The minimum Gasteiger partial charge on any atom is -0.336 e. The molecule has 22 heavy (non-hydrogen) atoms. The predicted octanol–water partition coefficient (Wildman–Crippen LogP) is 1.85. The van der Waals surface area contributed by atoms with E-state index < -0.39 is 6.03 Å². The zero-order valence-corrected chi connectivity index (χ0v) is 12.7. The van der Waals surface area contributed by atoms with Crippen LogP contribution in [0.3, 0.4) is 0 Å². The molecule has 0 bridgehead atoms. The van der Waals surface area contributed by atoms with Gasteiger partial charge in [0.05, 0.1) is 6.54 Å². The third-order valence-electron chi connectivity index (χ3n) is 3.47.